The molecule has 2 heterocycles. The lowest BCUT2D eigenvalue weighted by Gasteiger charge is -2.28. The van der Waals surface area contributed by atoms with Gasteiger partial charge in [-0.2, -0.15) is 0 Å². The number of phenols is 1. The highest BCUT2D eigenvalue weighted by Gasteiger charge is 2.29. The summed E-state index contributed by atoms with van der Waals surface area (Å²) >= 11 is 0. The molecule has 0 aliphatic carbocycles. The Morgan fingerprint density at radius 2 is 2.17 bits per heavy atom. The lowest BCUT2D eigenvalue weighted by atomic mass is 9.90. The van der Waals surface area contributed by atoms with Crippen LogP contribution in [0.1, 0.15) is 24.3 Å². The van der Waals surface area contributed by atoms with Gasteiger partial charge in [-0.1, -0.05) is 0 Å². The first-order valence-corrected chi connectivity index (χ1v) is 6.29. The maximum Gasteiger partial charge on any atom is 0.172 e. The Kier molecular flexibility index (Phi) is 2.99. The van der Waals surface area contributed by atoms with Gasteiger partial charge < -0.3 is 19.9 Å². The van der Waals surface area contributed by atoms with Crippen molar-refractivity contribution in [3.05, 3.63) is 17.4 Å². The van der Waals surface area contributed by atoms with Gasteiger partial charge in [-0.3, -0.25) is 0 Å². The first-order valence-electron chi connectivity index (χ1n) is 6.29. The molecule has 5 heteroatoms. The standard InChI is InChI=1S/C13H16FNO3/c14-12-9(16)6-10-13(18-5-4-17-10)11(12)8-2-1-3-15-7-8/h6,8,15-16H,1-5,7H2. The van der Waals surface area contributed by atoms with Crippen molar-refractivity contribution < 1.29 is 19.0 Å². The van der Waals surface area contributed by atoms with E-state index in [1.165, 1.54) is 6.07 Å². The molecule has 18 heavy (non-hydrogen) atoms. The minimum Gasteiger partial charge on any atom is -0.505 e. The second-order valence-corrected chi connectivity index (χ2v) is 4.69. The maximum atomic E-state index is 14.2. The van der Waals surface area contributed by atoms with E-state index in [4.69, 9.17) is 9.47 Å². The van der Waals surface area contributed by atoms with Gasteiger partial charge in [-0.25, -0.2) is 4.39 Å². The number of nitrogens with one attached hydrogen (secondary N) is 1. The smallest absolute Gasteiger partial charge is 0.172 e. The van der Waals surface area contributed by atoms with Crippen LogP contribution in [0.25, 0.3) is 0 Å². The van der Waals surface area contributed by atoms with Gasteiger partial charge in [0, 0.05) is 24.1 Å². The first kappa shape index (κ1) is 11.6. The zero-order chi connectivity index (χ0) is 12.5. The summed E-state index contributed by atoms with van der Waals surface area (Å²) in [6.45, 7) is 2.51. The fraction of sp³-hybridized carbons (Fsp3) is 0.538. The number of fused-ring (bicyclic) bond motifs is 1. The van der Waals surface area contributed by atoms with Crippen LogP contribution in [0.15, 0.2) is 6.07 Å². The van der Waals surface area contributed by atoms with Gasteiger partial charge in [0.25, 0.3) is 0 Å². The van der Waals surface area contributed by atoms with Crippen molar-refractivity contribution >= 4 is 0 Å². The first-order chi connectivity index (χ1) is 8.77. The molecule has 98 valence electrons. The molecule has 3 rings (SSSR count). The Morgan fingerprint density at radius 1 is 1.33 bits per heavy atom. The normalized spacial score (nSPS) is 22.8. The van der Waals surface area contributed by atoms with Gasteiger partial charge in [0.05, 0.1) is 0 Å². The average molecular weight is 253 g/mol. The predicted octanol–water partition coefficient (Wildman–Crippen LogP) is 1.77. The third-order valence-electron chi connectivity index (χ3n) is 3.49. The Labute approximate surface area is 105 Å². The van der Waals surface area contributed by atoms with E-state index < -0.39 is 5.82 Å². The predicted molar refractivity (Wildman–Crippen MR) is 63.9 cm³/mol. The molecule has 2 aliphatic heterocycles. The average Bonchev–Trinajstić information content (AvgIpc) is 2.41. The summed E-state index contributed by atoms with van der Waals surface area (Å²) < 4.78 is 25.1. The third kappa shape index (κ3) is 1.88. The molecule has 0 spiro atoms. The van der Waals surface area contributed by atoms with Crippen molar-refractivity contribution in [3.8, 4) is 17.2 Å². The number of hydrogen-bond donors (Lipinski definition) is 2. The van der Waals surface area contributed by atoms with E-state index in [1.807, 2.05) is 0 Å². The quantitative estimate of drug-likeness (QED) is 0.801. The van der Waals surface area contributed by atoms with Crippen molar-refractivity contribution in [2.45, 2.75) is 18.8 Å². The fourth-order valence-corrected chi connectivity index (χ4v) is 2.64. The fourth-order valence-electron chi connectivity index (χ4n) is 2.64. The second-order valence-electron chi connectivity index (χ2n) is 4.69. The van der Waals surface area contributed by atoms with Gasteiger partial charge in [0.15, 0.2) is 23.1 Å². The summed E-state index contributed by atoms with van der Waals surface area (Å²) in [5, 5.41) is 12.9. The molecule has 2 aliphatic rings. The van der Waals surface area contributed by atoms with Gasteiger partial charge in [-0.15, -0.1) is 0 Å². The summed E-state index contributed by atoms with van der Waals surface area (Å²) in [5.74, 6) is 0.0000435. The van der Waals surface area contributed by atoms with Crippen LogP contribution in [0.2, 0.25) is 0 Å². The highest BCUT2D eigenvalue weighted by molar-refractivity contribution is 5.54. The topological polar surface area (TPSA) is 50.7 Å². The molecule has 0 aromatic heterocycles. The van der Waals surface area contributed by atoms with Gasteiger partial charge in [-0.05, 0) is 19.4 Å². The molecule has 1 saturated heterocycles. The minimum absolute atomic E-state index is 0.0290. The zero-order valence-corrected chi connectivity index (χ0v) is 10.0. The maximum absolute atomic E-state index is 14.2. The SMILES string of the molecule is Oc1cc2c(c(C3CCCNC3)c1F)OCCO2. The van der Waals surface area contributed by atoms with Crippen molar-refractivity contribution in [1.29, 1.82) is 0 Å². The number of hydrogen-bond acceptors (Lipinski definition) is 4. The van der Waals surface area contributed by atoms with E-state index in [9.17, 15) is 9.50 Å². The molecule has 1 fully saturated rings. The van der Waals surface area contributed by atoms with Crippen molar-refractivity contribution in [3.63, 3.8) is 0 Å². The molecule has 1 aromatic carbocycles. The monoisotopic (exact) mass is 253 g/mol. The summed E-state index contributed by atoms with van der Waals surface area (Å²) in [6, 6.07) is 1.30. The molecule has 1 atom stereocenters. The largest absolute Gasteiger partial charge is 0.505 e. The van der Waals surface area contributed by atoms with Crippen LogP contribution < -0.4 is 14.8 Å². The van der Waals surface area contributed by atoms with Gasteiger partial charge in [0.1, 0.15) is 13.2 Å². The number of benzene rings is 1. The number of rotatable bonds is 1. The Bertz CT molecular complexity index is 458. The molecule has 1 aromatic rings. The number of ether oxygens (including phenoxy) is 2. The van der Waals surface area contributed by atoms with Gasteiger partial charge >= 0.3 is 0 Å². The lowest BCUT2D eigenvalue weighted by Crippen LogP contribution is -2.30. The van der Waals surface area contributed by atoms with E-state index in [1.54, 1.807) is 0 Å². The second kappa shape index (κ2) is 4.65. The van der Waals surface area contributed by atoms with E-state index in [-0.39, 0.29) is 11.7 Å². The number of piperidine rings is 1. The molecule has 0 saturated carbocycles. The molecule has 1 unspecified atom stereocenters. The van der Waals surface area contributed by atoms with Crippen LogP contribution in [0.5, 0.6) is 17.2 Å². The van der Waals surface area contributed by atoms with E-state index in [0.29, 0.717) is 36.8 Å². The Morgan fingerprint density at radius 3 is 2.94 bits per heavy atom. The van der Waals surface area contributed by atoms with Crippen LogP contribution in [-0.2, 0) is 0 Å². The molecular formula is C13H16FNO3. The summed E-state index contributed by atoms with van der Waals surface area (Å²) in [4.78, 5) is 0. The highest BCUT2D eigenvalue weighted by Crippen LogP contribution is 2.44. The van der Waals surface area contributed by atoms with Crippen molar-refractivity contribution in [2.24, 2.45) is 0 Å². The summed E-state index contributed by atoms with van der Waals surface area (Å²) in [6.07, 6.45) is 1.89. The Hall–Kier alpha value is -1.49. The molecule has 0 radical (unpaired) electrons. The lowest BCUT2D eigenvalue weighted by molar-refractivity contribution is 0.166. The van der Waals surface area contributed by atoms with Crippen LogP contribution >= 0.6 is 0 Å². The van der Waals surface area contributed by atoms with E-state index >= 15 is 0 Å². The summed E-state index contributed by atoms with van der Waals surface area (Å²) in [5.41, 5.74) is 0.455. The molecule has 2 N–H and O–H groups in total. The molecule has 4 nitrogen and oxygen atoms in total. The van der Waals surface area contributed by atoms with Crippen LogP contribution in [0.4, 0.5) is 4.39 Å². The number of halogens is 1. The zero-order valence-electron chi connectivity index (χ0n) is 10.0. The molecule has 0 bridgehead atoms. The van der Waals surface area contributed by atoms with E-state index in [0.717, 1.165) is 19.4 Å². The summed E-state index contributed by atoms with van der Waals surface area (Å²) in [7, 11) is 0. The minimum atomic E-state index is -0.576. The van der Waals surface area contributed by atoms with Crippen LogP contribution in [-0.4, -0.2) is 31.4 Å². The van der Waals surface area contributed by atoms with E-state index in [2.05, 4.69) is 5.32 Å². The van der Waals surface area contributed by atoms with Gasteiger partial charge in [0.2, 0.25) is 0 Å². The Balaban J connectivity index is 2.07. The third-order valence-corrected chi connectivity index (χ3v) is 3.49. The van der Waals surface area contributed by atoms with Crippen molar-refractivity contribution in [1.82, 2.24) is 5.32 Å². The number of aromatic hydroxyl groups is 1. The highest BCUT2D eigenvalue weighted by atomic mass is 19.1. The van der Waals surface area contributed by atoms with Crippen molar-refractivity contribution in [2.75, 3.05) is 26.3 Å². The number of phenolic OH excluding ortho intramolecular Hbond substituents is 1. The van der Waals surface area contributed by atoms with Crippen LogP contribution in [0.3, 0.4) is 0 Å². The molecular weight excluding hydrogens is 237 g/mol. The van der Waals surface area contributed by atoms with Crippen LogP contribution in [0, 0.1) is 5.82 Å². The molecule has 0 amide bonds.